The third-order valence-electron chi connectivity index (χ3n) is 3.88. The standard InChI is InChI=1S/C22H26ClN3O5/c1-22(2,3)31-21(29)24-12-11-19(27)25-16-7-5-6-8-17(16)26-20(28)15-13-14(23)9-10-18(15)30-4/h5-10,13H,11-12H2,1-4H3,(H,24,29)(H,25,27)(H,26,28). The lowest BCUT2D eigenvalue weighted by atomic mass is 10.1. The van der Waals surface area contributed by atoms with Crippen molar-refractivity contribution in [1.29, 1.82) is 0 Å². The molecule has 0 unspecified atom stereocenters. The van der Waals surface area contributed by atoms with E-state index in [2.05, 4.69) is 16.0 Å². The Morgan fingerprint density at radius 3 is 2.26 bits per heavy atom. The number of anilines is 2. The monoisotopic (exact) mass is 447 g/mol. The van der Waals surface area contributed by atoms with Crippen LogP contribution >= 0.6 is 11.6 Å². The highest BCUT2D eigenvalue weighted by Gasteiger charge is 2.17. The number of para-hydroxylation sites is 2. The second-order valence-corrected chi connectivity index (χ2v) is 8.01. The number of hydrogen-bond donors (Lipinski definition) is 3. The maximum absolute atomic E-state index is 12.7. The fourth-order valence-electron chi connectivity index (χ4n) is 2.55. The van der Waals surface area contributed by atoms with Gasteiger partial charge < -0.3 is 25.4 Å². The van der Waals surface area contributed by atoms with Crippen molar-refractivity contribution >= 4 is 40.9 Å². The van der Waals surface area contributed by atoms with Gasteiger partial charge in [-0.2, -0.15) is 0 Å². The molecule has 0 saturated heterocycles. The van der Waals surface area contributed by atoms with E-state index in [1.165, 1.54) is 13.2 Å². The Kier molecular flexibility index (Phi) is 8.27. The average Bonchev–Trinajstić information content (AvgIpc) is 2.68. The van der Waals surface area contributed by atoms with Crippen molar-refractivity contribution in [2.24, 2.45) is 0 Å². The summed E-state index contributed by atoms with van der Waals surface area (Å²) in [6, 6.07) is 11.5. The molecule has 0 atom stereocenters. The van der Waals surface area contributed by atoms with Crippen molar-refractivity contribution in [3.05, 3.63) is 53.1 Å². The summed E-state index contributed by atoms with van der Waals surface area (Å²) in [6.07, 6.45) is -0.563. The van der Waals surface area contributed by atoms with Crippen LogP contribution in [0.3, 0.4) is 0 Å². The molecule has 9 heteroatoms. The van der Waals surface area contributed by atoms with Crippen LogP contribution in [-0.2, 0) is 9.53 Å². The molecule has 0 spiro atoms. The first kappa shape index (κ1) is 24.0. The summed E-state index contributed by atoms with van der Waals surface area (Å²) in [4.78, 5) is 36.7. The van der Waals surface area contributed by atoms with Gasteiger partial charge in [0.1, 0.15) is 11.4 Å². The molecule has 2 aromatic carbocycles. The highest BCUT2D eigenvalue weighted by Crippen LogP contribution is 2.26. The molecule has 166 valence electrons. The fraction of sp³-hybridized carbons (Fsp3) is 0.318. The SMILES string of the molecule is COc1ccc(Cl)cc1C(=O)Nc1ccccc1NC(=O)CCNC(=O)OC(C)(C)C. The Balaban J connectivity index is 1.99. The van der Waals surface area contributed by atoms with Crippen LogP contribution in [0.15, 0.2) is 42.5 Å². The van der Waals surface area contributed by atoms with Gasteiger partial charge >= 0.3 is 6.09 Å². The molecule has 3 N–H and O–H groups in total. The highest BCUT2D eigenvalue weighted by atomic mass is 35.5. The first-order valence-electron chi connectivity index (χ1n) is 9.59. The van der Waals surface area contributed by atoms with E-state index in [1.807, 2.05) is 0 Å². The maximum atomic E-state index is 12.7. The van der Waals surface area contributed by atoms with Gasteiger partial charge in [0.05, 0.1) is 24.0 Å². The van der Waals surface area contributed by atoms with E-state index in [1.54, 1.807) is 57.2 Å². The topological polar surface area (TPSA) is 106 Å². The fourth-order valence-corrected chi connectivity index (χ4v) is 2.73. The number of carbonyl (C=O) groups is 3. The van der Waals surface area contributed by atoms with Gasteiger partial charge in [-0.3, -0.25) is 9.59 Å². The first-order chi connectivity index (χ1) is 14.6. The summed E-state index contributed by atoms with van der Waals surface area (Å²) in [6.45, 7) is 5.37. The lowest BCUT2D eigenvalue weighted by molar-refractivity contribution is -0.116. The second-order valence-electron chi connectivity index (χ2n) is 7.57. The van der Waals surface area contributed by atoms with Crippen molar-refractivity contribution in [2.75, 3.05) is 24.3 Å². The predicted octanol–water partition coefficient (Wildman–Crippen LogP) is 4.45. The summed E-state index contributed by atoms with van der Waals surface area (Å²) in [5, 5.41) is 8.40. The number of ether oxygens (including phenoxy) is 2. The van der Waals surface area contributed by atoms with Crippen LogP contribution in [0.2, 0.25) is 5.02 Å². The Labute approximate surface area is 186 Å². The molecule has 0 fully saturated rings. The Morgan fingerprint density at radius 2 is 1.65 bits per heavy atom. The Hall–Kier alpha value is -3.26. The van der Waals surface area contributed by atoms with Gasteiger partial charge in [-0.25, -0.2) is 4.79 Å². The van der Waals surface area contributed by atoms with E-state index >= 15 is 0 Å². The van der Waals surface area contributed by atoms with Crippen LogP contribution in [0.5, 0.6) is 5.75 Å². The van der Waals surface area contributed by atoms with Crippen LogP contribution in [0.25, 0.3) is 0 Å². The lowest BCUT2D eigenvalue weighted by Crippen LogP contribution is -2.34. The molecule has 31 heavy (non-hydrogen) atoms. The van der Waals surface area contributed by atoms with Crippen LogP contribution < -0.4 is 20.7 Å². The van der Waals surface area contributed by atoms with E-state index in [0.29, 0.717) is 22.1 Å². The van der Waals surface area contributed by atoms with Crippen molar-refractivity contribution < 1.29 is 23.9 Å². The predicted molar refractivity (Wildman–Crippen MR) is 120 cm³/mol. The summed E-state index contributed by atoms with van der Waals surface area (Å²) in [5.41, 5.74) is 0.467. The third kappa shape index (κ3) is 7.82. The normalized spacial score (nSPS) is 10.7. The quantitative estimate of drug-likeness (QED) is 0.581. The number of rotatable bonds is 7. The van der Waals surface area contributed by atoms with E-state index in [4.69, 9.17) is 21.1 Å². The highest BCUT2D eigenvalue weighted by molar-refractivity contribution is 6.31. The molecule has 0 radical (unpaired) electrons. The number of amides is 3. The molecule has 0 aromatic heterocycles. The molecule has 0 aliphatic carbocycles. The zero-order chi connectivity index (χ0) is 23.0. The van der Waals surface area contributed by atoms with E-state index in [9.17, 15) is 14.4 Å². The molecular formula is C22H26ClN3O5. The molecule has 0 aliphatic heterocycles. The van der Waals surface area contributed by atoms with E-state index in [0.717, 1.165) is 0 Å². The van der Waals surface area contributed by atoms with Gasteiger partial charge in [-0.1, -0.05) is 23.7 Å². The number of benzene rings is 2. The van der Waals surface area contributed by atoms with Crippen LogP contribution in [0, 0.1) is 0 Å². The molecule has 2 aromatic rings. The van der Waals surface area contributed by atoms with Gasteiger partial charge in [0.15, 0.2) is 0 Å². The summed E-state index contributed by atoms with van der Waals surface area (Å²) in [5.74, 6) is -0.401. The smallest absolute Gasteiger partial charge is 0.407 e. The Morgan fingerprint density at radius 1 is 1.00 bits per heavy atom. The van der Waals surface area contributed by atoms with Crippen molar-refractivity contribution in [3.63, 3.8) is 0 Å². The van der Waals surface area contributed by atoms with Gasteiger partial charge in [-0.15, -0.1) is 0 Å². The average molecular weight is 448 g/mol. The minimum absolute atomic E-state index is 0.0314. The number of hydrogen-bond acceptors (Lipinski definition) is 5. The van der Waals surface area contributed by atoms with Gasteiger partial charge in [-0.05, 0) is 51.1 Å². The summed E-state index contributed by atoms with van der Waals surface area (Å²) in [7, 11) is 1.46. The van der Waals surface area contributed by atoms with Crippen molar-refractivity contribution in [3.8, 4) is 5.75 Å². The maximum Gasteiger partial charge on any atom is 0.407 e. The second kappa shape index (κ2) is 10.7. The molecular weight excluding hydrogens is 422 g/mol. The minimum atomic E-state index is -0.616. The molecule has 3 amide bonds. The third-order valence-corrected chi connectivity index (χ3v) is 4.11. The molecule has 0 aliphatic rings. The largest absolute Gasteiger partial charge is 0.496 e. The summed E-state index contributed by atoms with van der Waals surface area (Å²) >= 11 is 6.00. The number of methoxy groups -OCH3 is 1. The number of halogens is 1. The molecule has 0 bridgehead atoms. The molecule has 2 rings (SSSR count). The number of carbonyl (C=O) groups excluding carboxylic acids is 3. The minimum Gasteiger partial charge on any atom is -0.496 e. The van der Waals surface area contributed by atoms with Crippen LogP contribution in [0.4, 0.5) is 16.2 Å². The van der Waals surface area contributed by atoms with Crippen LogP contribution in [0.1, 0.15) is 37.6 Å². The van der Waals surface area contributed by atoms with Gasteiger partial charge in [0, 0.05) is 18.0 Å². The Bertz CT molecular complexity index is 956. The van der Waals surface area contributed by atoms with Crippen LogP contribution in [-0.4, -0.2) is 37.2 Å². The lowest BCUT2D eigenvalue weighted by Gasteiger charge is -2.19. The first-order valence-corrected chi connectivity index (χ1v) is 9.97. The van der Waals surface area contributed by atoms with Crippen molar-refractivity contribution in [2.45, 2.75) is 32.8 Å². The zero-order valence-electron chi connectivity index (χ0n) is 17.9. The molecule has 0 saturated carbocycles. The summed E-state index contributed by atoms with van der Waals surface area (Å²) < 4.78 is 10.3. The molecule has 0 heterocycles. The van der Waals surface area contributed by atoms with E-state index < -0.39 is 17.6 Å². The number of nitrogens with one attached hydrogen (secondary N) is 3. The van der Waals surface area contributed by atoms with Gasteiger partial charge in [0.2, 0.25) is 5.91 Å². The zero-order valence-corrected chi connectivity index (χ0v) is 18.6. The van der Waals surface area contributed by atoms with Gasteiger partial charge in [0.25, 0.3) is 5.91 Å². The molecule has 8 nitrogen and oxygen atoms in total. The number of alkyl carbamates (subject to hydrolysis) is 1. The van der Waals surface area contributed by atoms with Crippen molar-refractivity contribution in [1.82, 2.24) is 5.32 Å². The van der Waals surface area contributed by atoms with E-state index in [-0.39, 0.29) is 24.4 Å².